The zero-order valence-electron chi connectivity index (χ0n) is 17.9. The molecule has 0 bridgehead atoms. The molecule has 33 heavy (non-hydrogen) atoms. The number of amides is 4. The predicted molar refractivity (Wildman–Crippen MR) is 121 cm³/mol. The Morgan fingerprint density at radius 2 is 1.64 bits per heavy atom. The molecule has 0 aromatic heterocycles. The lowest BCUT2D eigenvalue weighted by Crippen LogP contribution is -2.37. The third-order valence-corrected chi connectivity index (χ3v) is 5.35. The molecule has 8 heteroatoms. The number of benzene rings is 3. The van der Waals surface area contributed by atoms with E-state index in [2.05, 4.69) is 5.32 Å². The lowest BCUT2D eigenvalue weighted by atomic mass is 10.1. The summed E-state index contributed by atoms with van der Waals surface area (Å²) in [5.74, 6) is -0.686. The van der Waals surface area contributed by atoms with Crippen LogP contribution < -0.4 is 15.0 Å². The SMILES string of the molecule is COc1ccc(CN2C(=O)N(c3ccccc3)C(=O)[C@H]2CC(=O)Nc2ccc(F)cc2)cc1. The van der Waals surface area contributed by atoms with Gasteiger partial charge >= 0.3 is 6.03 Å². The van der Waals surface area contributed by atoms with Gasteiger partial charge in [0, 0.05) is 12.2 Å². The third kappa shape index (κ3) is 4.85. The number of imide groups is 1. The maximum absolute atomic E-state index is 13.3. The molecular formula is C25H22FN3O4. The number of para-hydroxylation sites is 1. The number of anilines is 2. The average Bonchev–Trinajstić information content (AvgIpc) is 3.05. The van der Waals surface area contributed by atoms with E-state index >= 15 is 0 Å². The van der Waals surface area contributed by atoms with E-state index in [1.165, 1.54) is 29.2 Å². The van der Waals surface area contributed by atoms with Crippen molar-refractivity contribution in [3.63, 3.8) is 0 Å². The first-order valence-electron chi connectivity index (χ1n) is 10.3. The van der Waals surface area contributed by atoms with Crippen molar-refractivity contribution < 1.29 is 23.5 Å². The molecule has 3 aromatic rings. The Balaban J connectivity index is 1.58. The zero-order valence-corrected chi connectivity index (χ0v) is 17.9. The van der Waals surface area contributed by atoms with Crippen molar-refractivity contribution in [2.24, 2.45) is 0 Å². The minimum atomic E-state index is -0.986. The van der Waals surface area contributed by atoms with Crippen LogP contribution >= 0.6 is 0 Å². The number of urea groups is 1. The third-order valence-electron chi connectivity index (χ3n) is 5.35. The Hall–Kier alpha value is -4.20. The topological polar surface area (TPSA) is 79.0 Å². The molecule has 1 N–H and O–H groups in total. The summed E-state index contributed by atoms with van der Waals surface area (Å²) in [5, 5.41) is 2.65. The maximum Gasteiger partial charge on any atom is 0.332 e. The molecule has 4 rings (SSSR count). The first kappa shape index (κ1) is 22.0. The van der Waals surface area contributed by atoms with Crippen molar-refractivity contribution in [3.8, 4) is 5.75 Å². The summed E-state index contributed by atoms with van der Waals surface area (Å²) in [6.07, 6.45) is -0.235. The van der Waals surface area contributed by atoms with Crippen LogP contribution in [0.25, 0.3) is 0 Å². The molecule has 0 saturated carbocycles. The fourth-order valence-electron chi connectivity index (χ4n) is 3.68. The maximum atomic E-state index is 13.3. The van der Waals surface area contributed by atoms with Gasteiger partial charge in [0.15, 0.2) is 0 Å². The van der Waals surface area contributed by atoms with E-state index in [0.29, 0.717) is 17.1 Å². The number of hydrogen-bond donors (Lipinski definition) is 1. The summed E-state index contributed by atoms with van der Waals surface area (Å²) in [6.45, 7) is 0.145. The summed E-state index contributed by atoms with van der Waals surface area (Å²) in [6, 6.07) is 19.6. The Kier molecular flexibility index (Phi) is 6.35. The molecular weight excluding hydrogens is 425 g/mol. The van der Waals surface area contributed by atoms with Crippen molar-refractivity contribution in [3.05, 3.63) is 90.2 Å². The number of ether oxygens (including phenoxy) is 1. The molecule has 1 heterocycles. The highest BCUT2D eigenvalue weighted by atomic mass is 19.1. The van der Waals surface area contributed by atoms with Crippen LogP contribution in [0.15, 0.2) is 78.9 Å². The number of rotatable bonds is 7. The van der Waals surface area contributed by atoms with Gasteiger partial charge in [-0.2, -0.15) is 0 Å². The predicted octanol–water partition coefficient (Wildman–Crippen LogP) is 4.20. The zero-order chi connectivity index (χ0) is 23.4. The van der Waals surface area contributed by atoms with Gasteiger partial charge in [-0.15, -0.1) is 0 Å². The number of hydrogen-bond acceptors (Lipinski definition) is 4. The Bertz CT molecular complexity index is 1150. The van der Waals surface area contributed by atoms with Gasteiger partial charge in [0.1, 0.15) is 17.6 Å². The van der Waals surface area contributed by atoms with E-state index in [4.69, 9.17) is 4.74 Å². The quantitative estimate of drug-likeness (QED) is 0.551. The van der Waals surface area contributed by atoms with Gasteiger partial charge in [-0.25, -0.2) is 14.1 Å². The Labute approximate surface area is 190 Å². The molecule has 1 atom stereocenters. The summed E-state index contributed by atoms with van der Waals surface area (Å²) in [5.41, 5.74) is 1.63. The highest BCUT2D eigenvalue weighted by Gasteiger charge is 2.46. The molecule has 1 saturated heterocycles. The number of carbonyl (C=O) groups excluding carboxylic acids is 3. The lowest BCUT2D eigenvalue weighted by Gasteiger charge is -2.22. The number of nitrogens with one attached hydrogen (secondary N) is 1. The molecule has 3 aromatic carbocycles. The Morgan fingerprint density at radius 3 is 2.27 bits per heavy atom. The average molecular weight is 447 g/mol. The van der Waals surface area contributed by atoms with Gasteiger partial charge in [-0.1, -0.05) is 30.3 Å². The molecule has 168 valence electrons. The van der Waals surface area contributed by atoms with Gasteiger partial charge in [-0.3, -0.25) is 9.59 Å². The molecule has 1 aliphatic heterocycles. The standard InChI is InChI=1S/C25H22FN3O4/c1-33-21-13-7-17(8-14-21)16-28-22(15-23(30)27-19-11-9-18(26)10-12-19)24(31)29(25(28)32)20-5-3-2-4-6-20/h2-14,22H,15-16H2,1H3,(H,27,30)/t22-/m1/s1. The van der Waals surface area contributed by atoms with E-state index < -0.39 is 29.7 Å². The van der Waals surface area contributed by atoms with Gasteiger partial charge in [-0.05, 0) is 54.1 Å². The van der Waals surface area contributed by atoms with Crippen LogP contribution in [0.1, 0.15) is 12.0 Å². The van der Waals surface area contributed by atoms with E-state index in [0.717, 1.165) is 10.5 Å². The second kappa shape index (κ2) is 9.52. The fraction of sp³-hybridized carbons (Fsp3) is 0.160. The van der Waals surface area contributed by atoms with Crippen molar-refractivity contribution in [2.45, 2.75) is 19.0 Å². The lowest BCUT2D eigenvalue weighted by molar-refractivity contribution is -0.124. The van der Waals surface area contributed by atoms with E-state index in [9.17, 15) is 18.8 Å². The van der Waals surface area contributed by atoms with Crippen LogP contribution in [0.4, 0.5) is 20.6 Å². The highest BCUT2D eigenvalue weighted by Crippen LogP contribution is 2.29. The van der Waals surface area contributed by atoms with Crippen molar-refractivity contribution >= 4 is 29.2 Å². The minimum Gasteiger partial charge on any atom is -0.497 e. The minimum absolute atomic E-state index is 0.145. The first-order chi connectivity index (χ1) is 16.0. The number of nitrogens with zero attached hydrogens (tertiary/aromatic N) is 2. The Morgan fingerprint density at radius 1 is 0.970 bits per heavy atom. The number of methoxy groups -OCH3 is 1. The smallest absolute Gasteiger partial charge is 0.332 e. The second-order valence-corrected chi connectivity index (χ2v) is 7.54. The molecule has 0 spiro atoms. The van der Waals surface area contributed by atoms with Crippen molar-refractivity contribution in [1.82, 2.24) is 4.90 Å². The molecule has 1 fully saturated rings. The molecule has 0 radical (unpaired) electrons. The summed E-state index contributed by atoms with van der Waals surface area (Å²) >= 11 is 0. The number of halogens is 1. The highest BCUT2D eigenvalue weighted by molar-refractivity contribution is 6.22. The van der Waals surface area contributed by atoms with E-state index in [-0.39, 0.29) is 13.0 Å². The molecule has 0 aliphatic carbocycles. The molecule has 4 amide bonds. The molecule has 7 nitrogen and oxygen atoms in total. The number of carbonyl (C=O) groups is 3. The van der Waals surface area contributed by atoms with Gasteiger partial charge < -0.3 is 15.0 Å². The molecule has 0 unspecified atom stereocenters. The normalized spacial score (nSPS) is 15.6. The van der Waals surface area contributed by atoms with Crippen LogP contribution in [0.3, 0.4) is 0 Å². The van der Waals surface area contributed by atoms with Gasteiger partial charge in [0.05, 0.1) is 19.2 Å². The molecule has 1 aliphatic rings. The fourth-order valence-corrected chi connectivity index (χ4v) is 3.68. The summed E-state index contributed by atoms with van der Waals surface area (Å²) in [7, 11) is 1.56. The second-order valence-electron chi connectivity index (χ2n) is 7.54. The summed E-state index contributed by atoms with van der Waals surface area (Å²) in [4.78, 5) is 41.7. The van der Waals surface area contributed by atoms with Crippen LogP contribution in [-0.2, 0) is 16.1 Å². The van der Waals surface area contributed by atoms with E-state index in [1.807, 2.05) is 0 Å². The van der Waals surface area contributed by atoms with Crippen molar-refractivity contribution in [2.75, 3.05) is 17.3 Å². The van der Waals surface area contributed by atoms with Gasteiger partial charge in [0.25, 0.3) is 5.91 Å². The van der Waals surface area contributed by atoms with Crippen LogP contribution in [0, 0.1) is 5.82 Å². The monoisotopic (exact) mass is 447 g/mol. The van der Waals surface area contributed by atoms with Crippen molar-refractivity contribution in [1.29, 1.82) is 0 Å². The van der Waals surface area contributed by atoms with Crippen LogP contribution in [0.5, 0.6) is 5.75 Å². The largest absolute Gasteiger partial charge is 0.497 e. The van der Waals surface area contributed by atoms with Gasteiger partial charge in [0.2, 0.25) is 5.91 Å². The van der Waals surface area contributed by atoms with Crippen LogP contribution in [0.2, 0.25) is 0 Å². The summed E-state index contributed by atoms with van der Waals surface area (Å²) < 4.78 is 18.3. The van der Waals surface area contributed by atoms with E-state index in [1.54, 1.807) is 61.7 Å². The first-order valence-corrected chi connectivity index (χ1v) is 10.3. The van der Waals surface area contributed by atoms with Crippen LogP contribution in [-0.4, -0.2) is 35.9 Å².